The van der Waals surface area contributed by atoms with Crippen molar-refractivity contribution < 1.29 is 9.53 Å². The highest BCUT2D eigenvalue weighted by Crippen LogP contribution is 2.37. The maximum absolute atomic E-state index is 11.6. The molecular formula is C18H25NO2. The lowest BCUT2D eigenvalue weighted by atomic mass is 9.85. The molecule has 21 heavy (non-hydrogen) atoms. The van der Waals surface area contributed by atoms with Crippen molar-refractivity contribution in [3.05, 3.63) is 29.3 Å². The highest BCUT2D eigenvalue weighted by molar-refractivity contribution is 5.94. The van der Waals surface area contributed by atoms with Crippen LogP contribution >= 0.6 is 0 Å². The monoisotopic (exact) mass is 287 g/mol. The highest BCUT2D eigenvalue weighted by Gasteiger charge is 2.35. The third-order valence-electron chi connectivity index (χ3n) is 5.19. The lowest BCUT2D eigenvalue weighted by Crippen LogP contribution is -2.34. The number of hydrogen-bond acceptors (Lipinski definition) is 3. The van der Waals surface area contributed by atoms with E-state index in [0.29, 0.717) is 0 Å². The van der Waals surface area contributed by atoms with Crippen molar-refractivity contribution in [3.63, 3.8) is 0 Å². The number of nitrogens with zero attached hydrogens (tertiary/aromatic N) is 1. The number of rotatable bonds is 4. The van der Waals surface area contributed by atoms with Crippen LogP contribution in [0.2, 0.25) is 0 Å². The minimum absolute atomic E-state index is 0.121. The molecule has 1 aromatic rings. The van der Waals surface area contributed by atoms with Gasteiger partial charge in [0.15, 0.2) is 5.78 Å². The van der Waals surface area contributed by atoms with E-state index in [0.717, 1.165) is 35.4 Å². The van der Waals surface area contributed by atoms with E-state index in [2.05, 4.69) is 4.90 Å². The van der Waals surface area contributed by atoms with Crippen molar-refractivity contribution in [1.29, 1.82) is 0 Å². The second kappa shape index (κ2) is 6.18. The summed E-state index contributed by atoms with van der Waals surface area (Å²) in [5.41, 5.74) is 1.93. The number of fused-ring (bicyclic) bond motifs is 1. The maximum Gasteiger partial charge on any atom is 0.159 e. The molecule has 1 aromatic carbocycles. The number of ketones is 1. The highest BCUT2D eigenvalue weighted by atomic mass is 16.5. The molecule has 0 bridgehead atoms. The maximum atomic E-state index is 11.6. The number of methoxy groups -OCH3 is 1. The molecule has 0 amide bonds. The lowest BCUT2D eigenvalue weighted by molar-refractivity contribution is 0.101. The summed E-state index contributed by atoms with van der Waals surface area (Å²) in [7, 11) is 1.71. The zero-order valence-corrected chi connectivity index (χ0v) is 13.1. The van der Waals surface area contributed by atoms with Gasteiger partial charge in [-0.3, -0.25) is 9.69 Å². The van der Waals surface area contributed by atoms with Crippen molar-refractivity contribution >= 4 is 5.78 Å². The zero-order chi connectivity index (χ0) is 14.8. The topological polar surface area (TPSA) is 29.5 Å². The number of hydrogen-bond donors (Lipinski definition) is 0. The molecule has 2 unspecified atom stereocenters. The summed E-state index contributed by atoms with van der Waals surface area (Å²) in [4.78, 5) is 14.2. The van der Waals surface area contributed by atoms with Gasteiger partial charge >= 0.3 is 0 Å². The first kappa shape index (κ1) is 14.6. The summed E-state index contributed by atoms with van der Waals surface area (Å²) in [6.45, 7) is 3.72. The number of Topliss-reactive ketones (excluding diaryl/α,β-unsaturated/α-hetero) is 1. The van der Waals surface area contributed by atoms with Crippen LogP contribution in [0.1, 0.15) is 54.9 Å². The molecule has 2 fully saturated rings. The Balaban J connectivity index is 1.80. The van der Waals surface area contributed by atoms with E-state index in [1.807, 2.05) is 18.2 Å². The number of ether oxygens (including phenoxy) is 1. The van der Waals surface area contributed by atoms with Gasteiger partial charge < -0.3 is 4.74 Å². The first-order chi connectivity index (χ1) is 10.2. The van der Waals surface area contributed by atoms with Crippen molar-refractivity contribution in [2.24, 2.45) is 5.92 Å². The molecule has 1 aliphatic heterocycles. The fraction of sp³-hybridized carbons (Fsp3) is 0.611. The molecule has 0 spiro atoms. The number of carbonyl (C=O) groups is 1. The van der Waals surface area contributed by atoms with Gasteiger partial charge in [-0.2, -0.15) is 0 Å². The molecule has 1 saturated carbocycles. The van der Waals surface area contributed by atoms with Crippen LogP contribution in [0.15, 0.2) is 18.2 Å². The van der Waals surface area contributed by atoms with Crippen LogP contribution in [-0.2, 0) is 6.54 Å². The van der Waals surface area contributed by atoms with E-state index in [4.69, 9.17) is 4.74 Å². The molecule has 1 heterocycles. The van der Waals surface area contributed by atoms with Gasteiger partial charge in [-0.05, 0) is 56.8 Å². The summed E-state index contributed by atoms with van der Waals surface area (Å²) < 4.78 is 5.49. The second-order valence-corrected chi connectivity index (χ2v) is 6.45. The zero-order valence-electron chi connectivity index (χ0n) is 13.1. The summed E-state index contributed by atoms with van der Waals surface area (Å²) in [6, 6.07) is 6.54. The molecule has 0 radical (unpaired) electrons. The quantitative estimate of drug-likeness (QED) is 0.791. The predicted molar refractivity (Wildman–Crippen MR) is 83.8 cm³/mol. The molecule has 0 N–H and O–H groups in total. The third-order valence-corrected chi connectivity index (χ3v) is 5.19. The van der Waals surface area contributed by atoms with Crippen molar-refractivity contribution in [3.8, 4) is 5.75 Å². The average Bonchev–Trinajstić information content (AvgIpc) is 2.90. The normalized spacial score (nSPS) is 25.6. The number of carbonyl (C=O) groups excluding carboxylic acids is 1. The standard InChI is InChI=1S/C18H25NO2/c1-13(20)15-7-8-18(21-2)16(11-15)12-19-10-9-14-5-3-4-6-17(14)19/h7-8,11,14,17H,3-6,9-10,12H2,1-2H3. The number of benzene rings is 1. The molecule has 3 nitrogen and oxygen atoms in total. The van der Waals surface area contributed by atoms with Crippen molar-refractivity contribution in [2.45, 2.75) is 51.6 Å². The Morgan fingerprint density at radius 3 is 2.86 bits per heavy atom. The van der Waals surface area contributed by atoms with Gasteiger partial charge in [0.1, 0.15) is 5.75 Å². The molecule has 2 aliphatic rings. The van der Waals surface area contributed by atoms with Crippen LogP contribution in [0.25, 0.3) is 0 Å². The Hall–Kier alpha value is -1.35. The molecule has 1 aliphatic carbocycles. The van der Waals surface area contributed by atoms with E-state index >= 15 is 0 Å². The van der Waals surface area contributed by atoms with Gasteiger partial charge in [-0.1, -0.05) is 12.8 Å². The largest absolute Gasteiger partial charge is 0.496 e. The first-order valence-corrected chi connectivity index (χ1v) is 8.11. The Morgan fingerprint density at radius 2 is 2.10 bits per heavy atom. The van der Waals surface area contributed by atoms with E-state index in [1.54, 1.807) is 14.0 Å². The summed E-state index contributed by atoms with van der Waals surface area (Å²) >= 11 is 0. The minimum Gasteiger partial charge on any atom is -0.496 e. The van der Waals surface area contributed by atoms with Gasteiger partial charge in [-0.25, -0.2) is 0 Å². The molecule has 0 aromatic heterocycles. The fourth-order valence-corrected chi connectivity index (χ4v) is 4.04. The smallest absolute Gasteiger partial charge is 0.159 e. The molecule has 1 saturated heterocycles. The Bertz CT molecular complexity index is 526. The molecule has 3 heteroatoms. The lowest BCUT2D eigenvalue weighted by Gasteiger charge is -2.32. The van der Waals surface area contributed by atoms with E-state index in [-0.39, 0.29) is 5.78 Å². The van der Waals surface area contributed by atoms with Crippen LogP contribution in [0.3, 0.4) is 0 Å². The fourth-order valence-electron chi connectivity index (χ4n) is 4.04. The Labute approximate surface area is 127 Å². The van der Waals surface area contributed by atoms with Gasteiger partial charge in [-0.15, -0.1) is 0 Å². The van der Waals surface area contributed by atoms with Crippen molar-refractivity contribution in [2.75, 3.05) is 13.7 Å². The second-order valence-electron chi connectivity index (χ2n) is 6.45. The van der Waals surface area contributed by atoms with Gasteiger partial charge in [0.25, 0.3) is 0 Å². The Morgan fingerprint density at radius 1 is 1.29 bits per heavy atom. The van der Waals surface area contributed by atoms with Gasteiger partial charge in [0.05, 0.1) is 7.11 Å². The first-order valence-electron chi connectivity index (χ1n) is 8.11. The molecular weight excluding hydrogens is 262 g/mol. The van der Waals surface area contributed by atoms with Crippen LogP contribution < -0.4 is 4.74 Å². The Kier molecular flexibility index (Phi) is 4.29. The van der Waals surface area contributed by atoms with Crippen LogP contribution in [-0.4, -0.2) is 30.4 Å². The van der Waals surface area contributed by atoms with E-state index < -0.39 is 0 Å². The van der Waals surface area contributed by atoms with Gasteiger partial charge in [0.2, 0.25) is 0 Å². The molecule has 3 rings (SSSR count). The van der Waals surface area contributed by atoms with Gasteiger partial charge in [0, 0.05) is 23.7 Å². The molecule has 114 valence electrons. The summed E-state index contributed by atoms with van der Waals surface area (Å²) in [6.07, 6.45) is 6.82. The summed E-state index contributed by atoms with van der Waals surface area (Å²) in [5.74, 6) is 1.91. The van der Waals surface area contributed by atoms with Crippen LogP contribution in [0.4, 0.5) is 0 Å². The third kappa shape index (κ3) is 2.98. The average molecular weight is 287 g/mol. The summed E-state index contributed by atoms with van der Waals surface area (Å²) in [5, 5.41) is 0. The van der Waals surface area contributed by atoms with Crippen LogP contribution in [0, 0.1) is 5.92 Å². The van der Waals surface area contributed by atoms with E-state index in [1.165, 1.54) is 38.6 Å². The number of likely N-dealkylation sites (tertiary alicyclic amines) is 1. The van der Waals surface area contributed by atoms with Crippen LogP contribution in [0.5, 0.6) is 5.75 Å². The molecule has 2 atom stereocenters. The minimum atomic E-state index is 0.121. The predicted octanol–water partition coefficient (Wildman–Crippen LogP) is 3.66. The SMILES string of the molecule is COc1ccc(C(C)=O)cc1CN1CCC2CCCCC21. The van der Waals surface area contributed by atoms with Crippen molar-refractivity contribution in [1.82, 2.24) is 4.90 Å². The van der Waals surface area contributed by atoms with E-state index in [9.17, 15) is 4.79 Å².